The number of rotatable bonds is 2. The summed E-state index contributed by atoms with van der Waals surface area (Å²) in [5, 5.41) is 0. The molecule has 5 nitrogen and oxygen atoms in total. The first-order chi connectivity index (χ1) is 20.2. The number of ketones is 1. The largest absolute Gasteiger partial charge is 0.488 e. The molecule has 3 aromatic rings. The molecule has 2 aliphatic rings. The summed E-state index contributed by atoms with van der Waals surface area (Å²) in [6.45, 7) is 18.5. The highest BCUT2D eigenvalue weighted by Gasteiger charge is 2.25. The van der Waals surface area contributed by atoms with Gasteiger partial charge in [-0.1, -0.05) is 72.6 Å². The molecular formula is C35H47F2NO4. The van der Waals surface area contributed by atoms with E-state index in [0.717, 1.165) is 17.2 Å². The molecule has 42 heavy (non-hydrogen) atoms. The van der Waals surface area contributed by atoms with Gasteiger partial charge in [-0.05, 0) is 55.3 Å². The highest BCUT2D eigenvalue weighted by molar-refractivity contribution is 6.13. The van der Waals surface area contributed by atoms with Crippen LogP contribution in [0.25, 0.3) is 0 Å². The van der Waals surface area contributed by atoms with Crippen LogP contribution in [0.1, 0.15) is 97.4 Å². The molecule has 0 saturated carbocycles. The molecule has 1 fully saturated rings. The Morgan fingerprint density at radius 1 is 0.833 bits per heavy atom. The summed E-state index contributed by atoms with van der Waals surface area (Å²) < 4.78 is 35.6. The lowest BCUT2D eigenvalue weighted by molar-refractivity contribution is 0.0303. The van der Waals surface area contributed by atoms with Gasteiger partial charge in [0.25, 0.3) is 5.91 Å². The Labute approximate surface area is 250 Å². The molecule has 7 heteroatoms. The smallest absolute Gasteiger partial charge is 0.254 e. The van der Waals surface area contributed by atoms with Crippen LogP contribution in [0.2, 0.25) is 0 Å². The van der Waals surface area contributed by atoms with Gasteiger partial charge >= 0.3 is 0 Å². The average Bonchev–Trinajstić information content (AvgIpc) is 3.17. The quantitative estimate of drug-likeness (QED) is 0.303. The Balaban J connectivity index is 0.000000430. The van der Waals surface area contributed by atoms with Crippen molar-refractivity contribution in [3.8, 4) is 5.75 Å². The third kappa shape index (κ3) is 10.7. The van der Waals surface area contributed by atoms with Crippen LogP contribution in [0, 0.1) is 25.5 Å². The summed E-state index contributed by atoms with van der Waals surface area (Å²) in [6, 6.07) is 14.4. The molecule has 0 unspecified atom stereocenters. The Hall–Kier alpha value is -3.58. The van der Waals surface area contributed by atoms with Crippen molar-refractivity contribution in [3.63, 3.8) is 0 Å². The second kappa shape index (κ2) is 19.5. The molecule has 230 valence electrons. The zero-order chi connectivity index (χ0) is 31.7. The van der Waals surface area contributed by atoms with Crippen LogP contribution < -0.4 is 4.74 Å². The first kappa shape index (κ1) is 36.4. The number of benzene rings is 3. The highest BCUT2D eigenvalue weighted by atomic mass is 19.1. The normalized spacial score (nSPS) is 12.9. The van der Waals surface area contributed by atoms with Crippen molar-refractivity contribution < 1.29 is 27.8 Å². The first-order valence-electron chi connectivity index (χ1n) is 14.9. The maximum absolute atomic E-state index is 13.0. The van der Waals surface area contributed by atoms with E-state index >= 15 is 0 Å². The maximum atomic E-state index is 13.0. The van der Waals surface area contributed by atoms with Gasteiger partial charge in [0, 0.05) is 35.8 Å². The molecule has 0 aromatic heterocycles. The van der Waals surface area contributed by atoms with Crippen molar-refractivity contribution in [1.82, 2.24) is 4.90 Å². The molecule has 0 aliphatic carbocycles. The summed E-state index contributed by atoms with van der Waals surface area (Å²) in [5.41, 5.74) is 3.93. The molecule has 2 aliphatic heterocycles. The Morgan fingerprint density at radius 2 is 1.48 bits per heavy atom. The van der Waals surface area contributed by atoms with E-state index in [1.807, 2.05) is 52.8 Å². The van der Waals surface area contributed by atoms with Crippen LogP contribution in [0.4, 0.5) is 8.78 Å². The number of hydrogen-bond donors (Lipinski definition) is 0. The van der Waals surface area contributed by atoms with Crippen LogP contribution in [0.3, 0.4) is 0 Å². The molecule has 5 rings (SSSR count). The van der Waals surface area contributed by atoms with E-state index in [0.29, 0.717) is 60.9 Å². The van der Waals surface area contributed by atoms with Gasteiger partial charge in [-0.15, -0.1) is 0 Å². The number of carbonyl (C=O) groups excluding carboxylic acids is 2. The summed E-state index contributed by atoms with van der Waals surface area (Å²) in [6.07, 6.45) is 2.64. The fourth-order valence-corrected chi connectivity index (χ4v) is 3.80. The number of carbonyl (C=O) groups is 2. The van der Waals surface area contributed by atoms with Crippen LogP contribution in [-0.2, 0) is 11.3 Å². The van der Waals surface area contributed by atoms with E-state index in [1.54, 1.807) is 30.0 Å². The van der Waals surface area contributed by atoms with Gasteiger partial charge < -0.3 is 14.4 Å². The first-order valence-corrected chi connectivity index (χ1v) is 14.9. The van der Waals surface area contributed by atoms with Gasteiger partial charge in [0.1, 0.15) is 24.0 Å². The van der Waals surface area contributed by atoms with Crippen LogP contribution in [-0.4, -0.2) is 42.9 Å². The van der Waals surface area contributed by atoms with Gasteiger partial charge in [0.2, 0.25) is 0 Å². The number of aryl methyl sites for hydroxylation is 2. The van der Waals surface area contributed by atoms with Gasteiger partial charge in [-0.3, -0.25) is 9.59 Å². The molecule has 2 heterocycles. The summed E-state index contributed by atoms with van der Waals surface area (Å²) >= 11 is 0. The van der Waals surface area contributed by atoms with Crippen molar-refractivity contribution in [1.29, 1.82) is 0 Å². The monoisotopic (exact) mass is 583 g/mol. The predicted molar refractivity (Wildman–Crippen MR) is 166 cm³/mol. The number of morpholine rings is 1. The number of nitrogens with zero attached hydrogens (tertiary/aromatic N) is 1. The molecule has 1 saturated heterocycles. The second-order valence-electron chi connectivity index (χ2n) is 9.29. The van der Waals surface area contributed by atoms with Gasteiger partial charge in [-0.25, -0.2) is 8.78 Å². The zero-order valence-electron chi connectivity index (χ0n) is 26.5. The SMILES string of the molecule is CC.CC.CCCC.Cc1ccc(F)cc1F.Cc1ccc2c(c1)OCc1ccc(C(=O)N3CCOCC3)cc1C2=O. The lowest BCUT2D eigenvalue weighted by Crippen LogP contribution is -2.40. The van der Waals surface area contributed by atoms with Crippen molar-refractivity contribution in [2.24, 2.45) is 0 Å². The third-order valence-corrected chi connectivity index (χ3v) is 6.30. The Bertz CT molecular complexity index is 1270. The highest BCUT2D eigenvalue weighted by Crippen LogP contribution is 2.30. The molecule has 0 radical (unpaired) electrons. The molecule has 0 N–H and O–H groups in total. The maximum Gasteiger partial charge on any atom is 0.254 e. The van der Waals surface area contributed by atoms with Crippen LogP contribution in [0.5, 0.6) is 5.75 Å². The van der Waals surface area contributed by atoms with Gasteiger partial charge in [-0.2, -0.15) is 0 Å². The number of ether oxygens (including phenoxy) is 2. The fourth-order valence-electron chi connectivity index (χ4n) is 3.80. The standard InChI is InChI=1S/C20H19NO4.C7H6F2.C4H10.2C2H6/c1-13-2-5-16-18(10-13)25-12-15-4-3-14(11-17(15)19(16)22)20(23)21-6-8-24-9-7-21;1-5-2-3-6(8)4-7(5)9;1-3-4-2;2*1-2/h2-5,10-11H,6-9,12H2,1H3;2-4H,1H3;3-4H2,1-2H3;2*1-2H3. The molecule has 0 bridgehead atoms. The van der Waals surface area contributed by atoms with Crippen molar-refractivity contribution in [2.45, 2.75) is 74.8 Å². The van der Waals surface area contributed by atoms with E-state index in [9.17, 15) is 18.4 Å². The van der Waals surface area contributed by atoms with Crippen molar-refractivity contribution in [2.75, 3.05) is 26.3 Å². The lowest BCUT2D eigenvalue weighted by Gasteiger charge is -2.27. The van der Waals surface area contributed by atoms with Gasteiger partial charge in [0.15, 0.2) is 5.78 Å². The summed E-state index contributed by atoms with van der Waals surface area (Å²) in [4.78, 5) is 27.4. The molecule has 1 amide bonds. The third-order valence-electron chi connectivity index (χ3n) is 6.30. The Kier molecular flexibility index (Phi) is 16.9. The number of amides is 1. The van der Waals surface area contributed by atoms with Crippen LogP contribution >= 0.6 is 0 Å². The van der Waals surface area contributed by atoms with Crippen LogP contribution in [0.15, 0.2) is 54.6 Å². The van der Waals surface area contributed by atoms with Gasteiger partial charge in [0.05, 0.1) is 18.8 Å². The van der Waals surface area contributed by atoms with E-state index < -0.39 is 11.6 Å². The Morgan fingerprint density at radius 3 is 2.05 bits per heavy atom. The molecular weight excluding hydrogens is 536 g/mol. The number of fused-ring (bicyclic) bond motifs is 2. The number of unbranched alkanes of at least 4 members (excludes halogenated alkanes) is 1. The van der Waals surface area contributed by atoms with E-state index in [4.69, 9.17) is 9.47 Å². The van der Waals surface area contributed by atoms with Crippen molar-refractivity contribution >= 4 is 11.7 Å². The zero-order valence-corrected chi connectivity index (χ0v) is 26.5. The minimum absolute atomic E-state index is 0.0619. The van der Waals surface area contributed by atoms with E-state index in [-0.39, 0.29) is 11.7 Å². The molecule has 0 spiro atoms. The molecule has 3 aromatic carbocycles. The predicted octanol–water partition coefficient (Wildman–Crippen LogP) is 8.72. The number of halogens is 2. The second-order valence-corrected chi connectivity index (χ2v) is 9.29. The number of hydrogen-bond acceptors (Lipinski definition) is 4. The van der Waals surface area contributed by atoms with Crippen molar-refractivity contribution in [3.05, 3.63) is 99.6 Å². The topological polar surface area (TPSA) is 55.8 Å². The minimum Gasteiger partial charge on any atom is -0.488 e. The van der Waals surface area contributed by atoms with E-state index in [1.165, 1.54) is 25.0 Å². The summed E-state index contributed by atoms with van der Waals surface area (Å²) in [7, 11) is 0. The molecule has 0 atom stereocenters. The van der Waals surface area contributed by atoms with E-state index in [2.05, 4.69) is 13.8 Å². The summed E-state index contributed by atoms with van der Waals surface area (Å²) in [5.74, 6) is -0.581. The average molecular weight is 584 g/mol. The fraction of sp³-hybridized carbons (Fsp3) is 0.429. The lowest BCUT2D eigenvalue weighted by atomic mass is 9.96. The minimum atomic E-state index is -0.530.